The summed E-state index contributed by atoms with van der Waals surface area (Å²) in [6.45, 7) is 4.57. The van der Waals surface area contributed by atoms with E-state index in [0.717, 1.165) is 43.1 Å². The van der Waals surface area contributed by atoms with Crippen LogP contribution in [0.4, 0.5) is 10.5 Å². The lowest BCUT2D eigenvalue weighted by Crippen LogP contribution is -2.43. The summed E-state index contributed by atoms with van der Waals surface area (Å²) in [6.07, 6.45) is 2.73. The number of carbonyl (C=O) groups is 1. The maximum Gasteiger partial charge on any atom is 0.315 e. The minimum Gasteiger partial charge on any atom is -0.369 e. The number of amides is 2. The van der Waals surface area contributed by atoms with Crippen LogP contribution in [0.25, 0.3) is 0 Å². The maximum atomic E-state index is 12.0. The predicted molar refractivity (Wildman–Crippen MR) is 98.8 cm³/mol. The number of anilines is 1. The number of rotatable bonds is 6. The Morgan fingerprint density at radius 2 is 2.21 bits per heavy atom. The molecule has 128 valence electrons. The van der Waals surface area contributed by atoms with E-state index in [4.69, 9.17) is 0 Å². The average molecular weight is 344 g/mol. The molecule has 0 radical (unpaired) electrons. The molecule has 1 aliphatic heterocycles. The lowest BCUT2D eigenvalue weighted by molar-refractivity contribution is 0.238. The van der Waals surface area contributed by atoms with Crippen molar-refractivity contribution in [2.24, 2.45) is 0 Å². The van der Waals surface area contributed by atoms with Crippen LogP contribution in [-0.4, -0.2) is 36.7 Å². The van der Waals surface area contributed by atoms with Gasteiger partial charge in [0.2, 0.25) is 0 Å². The van der Waals surface area contributed by atoms with Gasteiger partial charge in [-0.05, 0) is 25.0 Å². The van der Waals surface area contributed by atoms with Crippen molar-refractivity contribution in [2.75, 3.05) is 24.5 Å². The molecule has 6 heteroatoms. The molecule has 1 fully saturated rings. The molecule has 0 bridgehead atoms. The first-order chi connectivity index (χ1) is 11.7. The van der Waals surface area contributed by atoms with Gasteiger partial charge in [0.25, 0.3) is 0 Å². The van der Waals surface area contributed by atoms with E-state index in [0.29, 0.717) is 6.54 Å². The topological polar surface area (TPSA) is 57.3 Å². The second kappa shape index (κ2) is 8.15. The third kappa shape index (κ3) is 4.47. The van der Waals surface area contributed by atoms with Crippen molar-refractivity contribution in [1.82, 2.24) is 15.6 Å². The van der Waals surface area contributed by atoms with Crippen LogP contribution in [0.5, 0.6) is 0 Å². The van der Waals surface area contributed by atoms with Crippen LogP contribution in [0.2, 0.25) is 0 Å². The number of nitrogens with zero attached hydrogens (tertiary/aromatic N) is 2. The minimum atomic E-state index is -0.0825. The Morgan fingerprint density at radius 1 is 1.38 bits per heavy atom. The zero-order valence-corrected chi connectivity index (χ0v) is 14.8. The highest BCUT2D eigenvalue weighted by Crippen LogP contribution is 2.19. The van der Waals surface area contributed by atoms with E-state index in [2.05, 4.69) is 45.0 Å². The highest BCUT2D eigenvalue weighted by molar-refractivity contribution is 7.09. The zero-order valence-electron chi connectivity index (χ0n) is 14.0. The van der Waals surface area contributed by atoms with E-state index in [-0.39, 0.29) is 12.1 Å². The summed E-state index contributed by atoms with van der Waals surface area (Å²) in [7, 11) is 0. The standard InChI is InChI=1S/C18H24N4OS/c1-2-17-20-15(13-24-17)8-10-19-18(23)21-14-9-11-22(12-14)16-6-4-3-5-7-16/h3-7,13-14H,2,8-12H2,1H3,(H2,19,21,23). The minimum absolute atomic E-state index is 0.0825. The van der Waals surface area contributed by atoms with Gasteiger partial charge in [-0.25, -0.2) is 9.78 Å². The molecular weight excluding hydrogens is 320 g/mol. The van der Waals surface area contributed by atoms with Crippen LogP contribution in [0.3, 0.4) is 0 Å². The van der Waals surface area contributed by atoms with Crippen LogP contribution < -0.4 is 15.5 Å². The third-order valence-corrected chi connectivity index (χ3v) is 5.26. The number of benzene rings is 1. The Kier molecular flexibility index (Phi) is 5.69. The lowest BCUT2D eigenvalue weighted by Gasteiger charge is -2.19. The first kappa shape index (κ1) is 16.8. The summed E-state index contributed by atoms with van der Waals surface area (Å²) in [5, 5.41) is 9.24. The van der Waals surface area contributed by atoms with Crippen LogP contribution >= 0.6 is 11.3 Å². The molecule has 2 aromatic rings. The summed E-state index contributed by atoms with van der Waals surface area (Å²) in [5.41, 5.74) is 2.28. The molecule has 0 aliphatic carbocycles. The van der Waals surface area contributed by atoms with Gasteiger partial charge in [0, 0.05) is 43.2 Å². The number of thiazole rings is 1. The number of aromatic nitrogens is 1. The predicted octanol–water partition coefficient (Wildman–Crippen LogP) is 2.83. The van der Waals surface area contributed by atoms with Crippen LogP contribution in [0.1, 0.15) is 24.0 Å². The lowest BCUT2D eigenvalue weighted by atomic mass is 10.3. The Labute approximate surface area is 147 Å². The Balaban J connectivity index is 1.38. The zero-order chi connectivity index (χ0) is 16.8. The second-order valence-corrected chi connectivity index (χ2v) is 6.95. The molecule has 0 saturated carbocycles. The Hall–Kier alpha value is -2.08. The Bertz CT molecular complexity index is 658. The molecule has 5 nitrogen and oxygen atoms in total. The van der Waals surface area contributed by atoms with E-state index in [9.17, 15) is 4.79 Å². The van der Waals surface area contributed by atoms with E-state index >= 15 is 0 Å². The van der Waals surface area contributed by atoms with Gasteiger partial charge in [-0.2, -0.15) is 0 Å². The van der Waals surface area contributed by atoms with Crippen LogP contribution in [0, 0.1) is 0 Å². The first-order valence-corrected chi connectivity index (χ1v) is 9.40. The first-order valence-electron chi connectivity index (χ1n) is 8.52. The molecule has 2 amide bonds. The molecule has 1 saturated heterocycles. The van der Waals surface area contributed by atoms with Crippen molar-refractivity contribution < 1.29 is 4.79 Å². The van der Waals surface area contributed by atoms with Crippen molar-refractivity contribution in [3.05, 3.63) is 46.4 Å². The fraction of sp³-hybridized carbons (Fsp3) is 0.444. The largest absolute Gasteiger partial charge is 0.369 e. The number of hydrogen-bond donors (Lipinski definition) is 2. The summed E-state index contributed by atoms with van der Waals surface area (Å²) < 4.78 is 0. The van der Waals surface area contributed by atoms with Crippen molar-refractivity contribution in [3.8, 4) is 0 Å². The number of nitrogens with one attached hydrogen (secondary N) is 2. The molecule has 24 heavy (non-hydrogen) atoms. The fourth-order valence-electron chi connectivity index (χ4n) is 2.92. The fourth-order valence-corrected chi connectivity index (χ4v) is 3.70. The van der Waals surface area contributed by atoms with Gasteiger partial charge in [-0.3, -0.25) is 0 Å². The monoisotopic (exact) mass is 344 g/mol. The molecule has 1 unspecified atom stereocenters. The van der Waals surface area contributed by atoms with E-state index < -0.39 is 0 Å². The summed E-state index contributed by atoms with van der Waals surface area (Å²) >= 11 is 1.69. The summed E-state index contributed by atoms with van der Waals surface area (Å²) in [5.74, 6) is 0. The number of hydrogen-bond acceptors (Lipinski definition) is 4. The molecule has 1 aromatic carbocycles. The molecule has 1 aromatic heterocycles. The SMILES string of the molecule is CCc1nc(CCNC(=O)NC2CCN(c3ccccc3)C2)cs1. The van der Waals surface area contributed by atoms with Crippen LogP contribution in [-0.2, 0) is 12.8 Å². The number of carbonyl (C=O) groups excluding carboxylic acids is 1. The van der Waals surface area contributed by atoms with Gasteiger partial charge >= 0.3 is 6.03 Å². The normalized spacial score (nSPS) is 17.0. The number of aryl methyl sites for hydroxylation is 1. The smallest absolute Gasteiger partial charge is 0.315 e. The Morgan fingerprint density at radius 3 is 2.96 bits per heavy atom. The van der Waals surface area contributed by atoms with Crippen LogP contribution in [0.15, 0.2) is 35.7 Å². The second-order valence-electron chi connectivity index (χ2n) is 6.00. The van der Waals surface area contributed by atoms with Gasteiger partial charge in [-0.1, -0.05) is 25.1 Å². The third-order valence-electron chi connectivity index (χ3n) is 4.21. The maximum absolute atomic E-state index is 12.0. The molecule has 2 N–H and O–H groups in total. The van der Waals surface area contributed by atoms with Crippen molar-refractivity contribution >= 4 is 23.1 Å². The van der Waals surface area contributed by atoms with E-state index in [1.54, 1.807) is 11.3 Å². The average Bonchev–Trinajstić information content (AvgIpc) is 3.25. The summed E-state index contributed by atoms with van der Waals surface area (Å²) in [4.78, 5) is 18.9. The van der Waals surface area contributed by atoms with Gasteiger partial charge in [0.15, 0.2) is 0 Å². The number of urea groups is 1. The van der Waals surface area contributed by atoms with Gasteiger partial charge < -0.3 is 15.5 Å². The number of para-hydroxylation sites is 1. The molecule has 2 heterocycles. The van der Waals surface area contributed by atoms with Crippen molar-refractivity contribution in [3.63, 3.8) is 0 Å². The van der Waals surface area contributed by atoms with Gasteiger partial charge in [0.05, 0.1) is 10.7 Å². The highest BCUT2D eigenvalue weighted by Gasteiger charge is 2.23. The van der Waals surface area contributed by atoms with Crippen molar-refractivity contribution in [1.29, 1.82) is 0 Å². The van der Waals surface area contributed by atoms with E-state index in [1.165, 1.54) is 5.69 Å². The molecule has 1 aliphatic rings. The summed E-state index contributed by atoms with van der Waals surface area (Å²) in [6, 6.07) is 10.5. The van der Waals surface area contributed by atoms with Gasteiger partial charge in [-0.15, -0.1) is 11.3 Å². The van der Waals surface area contributed by atoms with Gasteiger partial charge in [0.1, 0.15) is 0 Å². The molecular formula is C18H24N4OS. The quantitative estimate of drug-likeness (QED) is 0.847. The van der Waals surface area contributed by atoms with Crippen molar-refractivity contribution in [2.45, 2.75) is 32.2 Å². The molecule has 1 atom stereocenters. The molecule has 0 spiro atoms. The molecule has 3 rings (SSSR count). The highest BCUT2D eigenvalue weighted by atomic mass is 32.1. The van der Waals surface area contributed by atoms with E-state index in [1.807, 2.05) is 18.2 Å².